The van der Waals surface area contributed by atoms with E-state index in [-0.39, 0.29) is 5.54 Å². The fraction of sp³-hybridized carbons (Fsp3) is 0.308. The molecule has 1 aliphatic rings. The Balaban J connectivity index is 2.66. The lowest BCUT2D eigenvalue weighted by Crippen LogP contribution is -2.44. The Morgan fingerprint density at radius 2 is 1.93 bits per heavy atom. The number of allylic oxidation sites excluding steroid dienone is 1. The van der Waals surface area contributed by atoms with Crippen molar-refractivity contribution in [3.63, 3.8) is 0 Å². The predicted octanol–water partition coefficient (Wildman–Crippen LogP) is 2.84. The van der Waals surface area contributed by atoms with Gasteiger partial charge in [0.2, 0.25) is 6.41 Å². The fourth-order valence-corrected chi connectivity index (χ4v) is 2.20. The number of hydrogen-bond donors (Lipinski definition) is 0. The maximum Gasteiger partial charge on any atom is 0.214 e. The summed E-state index contributed by atoms with van der Waals surface area (Å²) in [5.74, 6) is 0. The number of nitrogens with zero attached hydrogens (tertiary/aromatic N) is 1. The lowest BCUT2D eigenvalue weighted by atomic mass is 9.89. The van der Waals surface area contributed by atoms with E-state index in [1.54, 1.807) is 4.90 Å². The molecule has 1 aromatic carbocycles. The number of anilines is 1. The van der Waals surface area contributed by atoms with E-state index < -0.39 is 0 Å². The lowest BCUT2D eigenvalue weighted by molar-refractivity contribution is -0.108. The number of carbonyl (C=O) groups is 1. The molecule has 0 aromatic heterocycles. The first kappa shape index (κ1) is 9.97. The molecule has 0 saturated heterocycles. The number of fused-ring (bicyclic) bond motifs is 1. The van der Waals surface area contributed by atoms with Crippen LogP contribution in [0.3, 0.4) is 0 Å². The van der Waals surface area contributed by atoms with Crippen LogP contribution in [0.25, 0.3) is 5.57 Å². The molecule has 0 unspecified atom stereocenters. The lowest BCUT2D eigenvalue weighted by Gasteiger charge is -2.38. The van der Waals surface area contributed by atoms with Crippen molar-refractivity contribution in [2.24, 2.45) is 0 Å². The van der Waals surface area contributed by atoms with Crippen molar-refractivity contribution in [2.75, 3.05) is 4.90 Å². The van der Waals surface area contributed by atoms with Crippen LogP contribution in [0.5, 0.6) is 0 Å². The standard InChI is InChI=1S/C13H15NO/c1-10-8-13(2,3)14(9-15)12-7-5-4-6-11(10)12/h4-9H,1-3H3. The second kappa shape index (κ2) is 3.23. The zero-order valence-corrected chi connectivity index (χ0v) is 9.32. The number of hydrogen-bond acceptors (Lipinski definition) is 1. The van der Waals surface area contributed by atoms with Crippen LogP contribution in [0.2, 0.25) is 0 Å². The van der Waals surface area contributed by atoms with Crippen LogP contribution in [0.15, 0.2) is 30.3 Å². The topological polar surface area (TPSA) is 20.3 Å². The maximum absolute atomic E-state index is 11.1. The highest BCUT2D eigenvalue weighted by atomic mass is 16.1. The van der Waals surface area contributed by atoms with E-state index in [1.165, 1.54) is 5.57 Å². The molecule has 1 aromatic rings. The van der Waals surface area contributed by atoms with Gasteiger partial charge in [-0.1, -0.05) is 24.3 Å². The van der Waals surface area contributed by atoms with Gasteiger partial charge in [0.15, 0.2) is 0 Å². The highest BCUT2D eigenvalue weighted by molar-refractivity contribution is 5.90. The summed E-state index contributed by atoms with van der Waals surface area (Å²) in [6, 6.07) is 8.00. The van der Waals surface area contributed by atoms with Crippen LogP contribution in [0.1, 0.15) is 26.3 Å². The molecule has 0 fully saturated rings. The molecule has 2 rings (SSSR count). The van der Waals surface area contributed by atoms with E-state index >= 15 is 0 Å². The molecule has 2 nitrogen and oxygen atoms in total. The van der Waals surface area contributed by atoms with Gasteiger partial charge >= 0.3 is 0 Å². The summed E-state index contributed by atoms with van der Waals surface area (Å²) in [6.45, 7) is 6.17. The second-order valence-electron chi connectivity index (χ2n) is 4.47. The first-order valence-corrected chi connectivity index (χ1v) is 5.10. The normalized spacial score (nSPS) is 18.1. The molecular weight excluding hydrogens is 186 g/mol. The van der Waals surface area contributed by atoms with Gasteiger partial charge in [-0.2, -0.15) is 0 Å². The van der Waals surface area contributed by atoms with E-state index in [4.69, 9.17) is 0 Å². The molecule has 2 heteroatoms. The van der Waals surface area contributed by atoms with Crippen LogP contribution in [0.4, 0.5) is 5.69 Å². The van der Waals surface area contributed by atoms with Gasteiger partial charge in [-0.3, -0.25) is 4.79 Å². The molecule has 0 bridgehead atoms. The summed E-state index contributed by atoms with van der Waals surface area (Å²) in [7, 11) is 0. The van der Waals surface area contributed by atoms with Gasteiger partial charge in [0.1, 0.15) is 0 Å². The first-order valence-electron chi connectivity index (χ1n) is 5.10. The number of para-hydroxylation sites is 1. The Bertz CT molecular complexity index is 432. The van der Waals surface area contributed by atoms with Crippen molar-refractivity contribution in [1.29, 1.82) is 0 Å². The van der Waals surface area contributed by atoms with Crippen LogP contribution < -0.4 is 4.90 Å². The maximum atomic E-state index is 11.1. The summed E-state index contributed by atoms with van der Waals surface area (Å²) in [4.78, 5) is 12.9. The Morgan fingerprint density at radius 1 is 1.27 bits per heavy atom. The number of carbonyl (C=O) groups excluding carboxylic acids is 1. The third-order valence-electron chi connectivity index (χ3n) is 2.88. The summed E-state index contributed by atoms with van der Waals surface area (Å²) in [5.41, 5.74) is 3.13. The Hall–Kier alpha value is -1.57. The SMILES string of the molecule is CC1=CC(C)(C)N(C=O)c2ccccc21. The largest absolute Gasteiger partial charge is 0.305 e. The van der Waals surface area contributed by atoms with E-state index in [0.717, 1.165) is 17.7 Å². The number of benzene rings is 1. The molecule has 0 spiro atoms. The Labute approximate surface area is 90.2 Å². The van der Waals surface area contributed by atoms with E-state index in [2.05, 4.69) is 13.0 Å². The van der Waals surface area contributed by atoms with Gasteiger partial charge in [0, 0.05) is 5.56 Å². The first-order chi connectivity index (χ1) is 7.06. The summed E-state index contributed by atoms with van der Waals surface area (Å²) < 4.78 is 0. The van der Waals surface area contributed by atoms with E-state index in [1.807, 2.05) is 38.1 Å². The molecule has 0 radical (unpaired) electrons. The molecule has 0 N–H and O–H groups in total. The van der Waals surface area contributed by atoms with Crippen molar-refractivity contribution in [3.05, 3.63) is 35.9 Å². The number of amides is 1. The van der Waals surface area contributed by atoms with Gasteiger partial charge in [-0.05, 0) is 32.4 Å². The van der Waals surface area contributed by atoms with Crippen LogP contribution >= 0.6 is 0 Å². The minimum absolute atomic E-state index is 0.236. The third-order valence-corrected chi connectivity index (χ3v) is 2.88. The minimum atomic E-state index is -0.236. The highest BCUT2D eigenvalue weighted by Crippen LogP contribution is 2.37. The van der Waals surface area contributed by atoms with E-state index in [9.17, 15) is 4.79 Å². The van der Waals surface area contributed by atoms with Crippen LogP contribution in [-0.2, 0) is 4.79 Å². The Kier molecular flexibility index (Phi) is 2.14. The predicted molar refractivity (Wildman–Crippen MR) is 62.7 cm³/mol. The van der Waals surface area contributed by atoms with Crippen LogP contribution in [-0.4, -0.2) is 11.9 Å². The van der Waals surface area contributed by atoms with Gasteiger partial charge < -0.3 is 4.90 Å². The van der Waals surface area contributed by atoms with E-state index in [0.29, 0.717) is 0 Å². The zero-order valence-electron chi connectivity index (χ0n) is 9.32. The molecule has 15 heavy (non-hydrogen) atoms. The fourth-order valence-electron chi connectivity index (χ4n) is 2.20. The Morgan fingerprint density at radius 3 is 2.60 bits per heavy atom. The van der Waals surface area contributed by atoms with Crippen LogP contribution in [0, 0.1) is 0 Å². The van der Waals surface area contributed by atoms with Gasteiger partial charge in [0.25, 0.3) is 0 Å². The number of rotatable bonds is 1. The molecule has 0 saturated carbocycles. The zero-order chi connectivity index (χ0) is 11.1. The quantitative estimate of drug-likeness (QED) is 0.640. The molecular formula is C13H15NO. The van der Waals surface area contributed by atoms with Gasteiger partial charge in [-0.25, -0.2) is 0 Å². The van der Waals surface area contributed by atoms with Crippen molar-refractivity contribution < 1.29 is 4.79 Å². The molecule has 0 aliphatic carbocycles. The van der Waals surface area contributed by atoms with Crippen molar-refractivity contribution >= 4 is 17.7 Å². The highest BCUT2D eigenvalue weighted by Gasteiger charge is 2.30. The smallest absolute Gasteiger partial charge is 0.214 e. The van der Waals surface area contributed by atoms with Crippen molar-refractivity contribution in [2.45, 2.75) is 26.3 Å². The minimum Gasteiger partial charge on any atom is -0.305 e. The molecule has 0 atom stereocenters. The monoisotopic (exact) mass is 201 g/mol. The van der Waals surface area contributed by atoms with Crippen molar-refractivity contribution in [1.82, 2.24) is 0 Å². The average molecular weight is 201 g/mol. The third kappa shape index (κ3) is 1.46. The summed E-state index contributed by atoms with van der Waals surface area (Å²) >= 11 is 0. The average Bonchev–Trinajstić information content (AvgIpc) is 2.17. The molecule has 78 valence electrons. The van der Waals surface area contributed by atoms with Gasteiger partial charge in [-0.15, -0.1) is 0 Å². The molecule has 1 amide bonds. The second-order valence-corrected chi connectivity index (χ2v) is 4.47. The summed E-state index contributed by atoms with van der Waals surface area (Å²) in [5, 5.41) is 0. The summed E-state index contributed by atoms with van der Waals surface area (Å²) in [6.07, 6.45) is 3.03. The molecule has 1 heterocycles. The molecule has 1 aliphatic heterocycles. The van der Waals surface area contributed by atoms with Crippen molar-refractivity contribution in [3.8, 4) is 0 Å². The van der Waals surface area contributed by atoms with Gasteiger partial charge in [0.05, 0.1) is 11.2 Å².